The maximum absolute atomic E-state index is 6.10. The van der Waals surface area contributed by atoms with Gasteiger partial charge in [0.25, 0.3) is 0 Å². The van der Waals surface area contributed by atoms with Crippen molar-refractivity contribution in [2.75, 3.05) is 12.3 Å². The second-order valence-corrected chi connectivity index (χ2v) is 6.99. The number of rotatable bonds is 8. The first-order valence-corrected chi connectivity index (χ1v) is 9.83. The number of para-hydroxylation sites is 2. The number of aliphatic imine (C=N–C) groups is 1. The molecule has 4 rings (SSSR count). The second kappa shape index (κ2) is 9.15. The number of benzene rings is 3. The largest absolute Gasteiger partial charge is 0.485 e. The van der Waals surface area contributed by atoms with E-state index in [1.54, 1.807) is 0 Å². The molecule has 1 aliphatic heterocycles. The molecule has 0 amide bonds. The third-order valence-corrected chi connectivity index (χ3v) is 4.76. The SMILES string of the molecule is Nc1ccc(COc2ccccc2OC2CNC(CCc3ccccc3)=N2)cc1. The zero-order valence-electron chi connectivity index (χ0n) is 16.3. The van der Waals surface area contributed by atoms with Crippen LogP contribution in [0.4, 0.5) is 5.69 Å². The van der Waals surface area contributed by atoms with Crippen molar-refractivity contribution in [1.29, 1.82) is 0 Å². The van der Waals surface area contributed by atoms with Crippen LogP contribution in [0.15, 0.2) is 83.9 Å². The number of nitrogens with two attached hydrogens (primary N) is 1. The number of nitrogens with zero attached hydrogens (tertiary/aromatic N) is 1. The topological polar surface area (TPSA) is 68.9 Å². The molecule has 3 aromatic carbocycles. The molecule has 1 heterocycles. The minimum absolute atomic E-state index is 0.248. The van der Waals surface area contributed by atoms with Gasteiger partial charge in [0.15, 0.2) is 11.5 Å². The van der Waals surface area contributed by atoms with Gasteiger partial charge in [0, 0.05) is 12.1 Å². The highest BCUT2D eigenvalue weighted by Crippen LogP contribution is 2.29. The van der Waals surface area contributed by atoms with Crippen molar-refractivity contribution in [3.05, 3.63) is 90.0 Å². The number of nitrogen functional groups attached to an aromatic ring is 1. The number of aryl methyl sites for hydroxylation is 1. The third kappa shape index (κ3) is 5.29. The third-order valence-electron chi connectivity index (χ3n) is 4.76. The maximum Gasteiger partial charge on any atom is 0.208 e. The van der Waals surface area contributed by atoms with Gasteiger partial charge in [-0.15, -0.1) is 0 Å². The Morgan fingerprint density at radius 1 is 0.828 bits per heavy atom. The molecule has 0 saturated heterocycles. The molecule has 0 spiro atoms. The van der Waals surface area contributed by atoms with Gasteiger partial charge in [-0.3, -0.25) is 0 Å². The Labute approximate surface area is 171 Å². The number of ether oxygens (including phenoxy) is 2. The molecule has 0 fully saturated rings. The smallest absolute Gasteiger partial charge is 0.208 e. The molecular weight excluding hydrogens is 362 g/mol. The minimum atomic E-state index is -0.248. The normalized spacial score (nSPS) is 15.4. The van der Waals surface area contributed by atoms with Crippen LogP contribution >= 0.6 is 0 Å². The van der Waals surface area contributed by atoms with Gasteiger partial charge in [0.2, 0.25) is 6.23 Å². The molecule has 3 aromatic rings. The molecule has 5 nitrogen and oxygen atoms in total. The van der Waals surface area contributed by atoms with E-state index in [1.807, 2.05) is 54.6 Å². The molecule has 1 unspecified atom stereocenters. The molecule has 0 aromatic heterocycles. The zero-order chi connectivity index (χ0) is 19.9. The first kappa shape index (κ1) is 18.9. The van der Waals surface area contributed by atoms with Crippen LogP contribution in [-0.4, -0.2) is 18.6 Å². The average Bonchev–Trinajstić information content (AvgIpc) is 3.21. The molecule has 1 aliphatic rings. The molecule has 3 N–H and O–H groups in total. The molecule has 0 bridgehead atoms. The first-order valence-electron chi connectivity index (χ1n) is 9.83. The van der Waals surface area contributed by atoms with Crippen LogP contribution in [-0.2, 0) is 13.0 Å². The minimum Gasteiger partial charge on any atom is -0.485 e. The molecule has 0 aliphatic carbocycles. The lowest BCUT2D eigenvalue weighted by atomic mass is 10.1. The van der Waals surface area contributed by atoms with Gasteiger partial charge in [-0.25, -0.2) is 4.99 Å². The fourth-order valence-corrected chi connectivity index (χ4v) is 3.19. The van der Waals surface area contributed by atoms with Crippen molar-refractivity contribution in [1.82, 2.24) is 5.32 Å². The molecule has 29 heavy (non-hydrogen) atoms. The molecule has 148 valence electrons. The number of anilines is 1. The summed E-state index contributed by atoms with van der Waals surface area (Å²) < 4.78 is 12.1. The Kier molecular flexibility index (Phi) is 5.95. The Balaban J connectivity index is 1.34. The monoisotopic (exact) mass is 387 g/mol. The highest BCUT2D eigenvalue weighted by Gasteiger charge is 2.19. The van der Waals surface area contributed by atoms with Crippen molar-refractivity contribution >= 4 is 11.5 Å². The van der Waals surface area contributed by atoms with Crippen LogP contribution in [0.1, 0.15) is 17.5 Å². The number of hydrogen-bond acceptors (Lipinski definition) is 5. The molecule has 0 saturated carbocycles. The summed E-state index contributed by atoms with van der Waals surface area (Å²) in [5.41, 5.74) is 8.84. The number of nitrogens with one attached hydrogen (secondary N) is 1. The lowest BCUT2D eigenvalue weighted by Gasteiger charge is -2.15. The van der Waals surface area contributed by atoms with Crippen LogP contribution in [0.25, 0.3) is 0 Å². The van der Waals surface area contributed by atoms with Crippen LogP contribution in [0.3, 0.4) is 0 Å². The molecule has 0 radical (unpaired) electrons. The Hall–Kier alpha value is -3.47. The summed E-state index contributed by atoms with van der Waals surface area (Å²) in [7, 11) is 0. The van der Waals surface area contributed by atoms with Gasteiger partial charge in [0.1, 0.15) is 12.4 Å². The highest BCUT2D eigenvalue weighted by molar-refractivity contribution is 5.84. The fourth-order valence-electron chi connectivity index (χ4n) is 3.19. The van der Waals surface area contributed by atoms with E-state index in [2.05, 4.69) is 34.6 Å². The van der Waals surface area contributed by atoms with Gasteiger partial charge in [-0.2, -0.15) is 0 Å². The van der Waals surface area contributed by atoms with E-state index in [-0.39, 0.29) is 6.23 Å². The van der Waals surface area contributed by atoms with E-state index < -0.39 is 0 Å². The second-order valence-electron chi connectivity index (χ2n) is 6.99. The van der Waals surface area contributed by atoms with E-state index in [0.29, 0.717) is 24.7 Å². The van der Waals surface area contributed by atoms with Gasteiger partial charge in [-0.05, 0) is 41.8 Å². The van der Waals surface area contributed by atoms with Gasteiger partial charge in [0.05, 0.1) is 6.54 Å². The maximum atomic E-state index is 6.10. The quantitative estimate of drug-likeness (QED) is 0.569. The van der Waals surface area contributed by atoms with Crippen molar-refractivity contribution < 1.29 is 9.47 Å². The van der Waals surface area contributed by atoms with Crippen LogP contribution < -0.4 is 20.5 Å². The van der Waals surface area contributed by atoms with E-state index in [0.717, 1.165) is 29.9 Å². The Bertz CT molecular complexity index is 955. The highest BCUT2D eigenvalue weighted by atomic mass is 16.5. The molecule has 5 heteroatoms. The van der Waals surface area contributed by atoms with Gasteiger partial charge in [-0.1, -0.05) is 54.6 Å². The van der Waals surface area contributed by atoms with Crippen molar-refractivity contribution in [3.8, 4) is 11.5 Å². The van der Waals surface area contributed by atoms with E-state index in [1.165, 1.54) is 5.56 Å². The Morgan fingerprint density at radius 3 is 2.34 bits per heavy atom. The lowest BCUT2D eigenvalue weighted by Crippen LogP contribution is -2.24. The van der Waals surface area contributed by atoms with E-state index >= 15 is 0 Å². The van der Waals surface area contributed by atoms with E-state index in [4.69, 9.17) is 15.2 Å². The summed E-state index contributed by atoms with van der Waals surface area (Å²) in [4.78, 5) is 4.68. The molecular formula is C24H25N3O2. The summed E-state index contributed by atoms with van der Waals surface area (Å²) >= 11 is 0. The summed E-state index contributed by atoms with van der Waals surface area (Å²) in [5.74, 6) is 2.39. The predicted molar refractivity (Wildman–Crippen MR) is 116 cm³/mol. The summed E-state index contributed by atoms with van der Waals surface area (Å²) in [6.07, 6.45) is 1.59. The predicted octanol–water partition coefficient (Wildman–Crippen LogP) is 4.19. The van der Waals surface area contributed by atoms with Crippen molar-refractivity contribution in [3.63, 3.8) is 0 Å². The summed E-state index contributed by atoms with van der Waals surface area (Å²) in [6.45, 7) is 1.12. The Morgan fingerprint density at radius 2 is 1.55 bits per heavy atom. The van der Waals surface area contributed by atoms with Gasteiger partial charge < -0.3 is 20.5 Å². The van der Waals surface area contributed by atoms with Crippen LogP contribution in [0.5, 0.6) is 11.5 Å². The number of hydrogen-bond donors (Lipinski definition) is 2. The lowest BCUT2D eigenvalue weighted by molar-refractivity contribution is 0.205. The van der Waals surface area contributed by atoms with Crippen molar-refractivity contribution in [2.24, 2.45) is 4.99 Å². The van der Waals surface area contributed by atoms with Crippen molar-refractivity contribution in [2.45, 2.75) is 25.7 Å². The first-order chi connectivity index (χ1) is 14.3. The standard InChI is InChI=1S/C24H25N3O2/c25-20-13-10-19(11-14-20)17-28-21-8-4-5-9-22(21)29-24-16-26-23(27-24)15-12-18-6-2-1-3-7-18/h1-11,13-14,24H,12,15-17,25H2,(H,26,27). The fraction of sp³-hybridized carbons (Fsp3) is 0.208. The average molecular weight is 387 g/mol. The summed E-state index contributed by atoms with van der Waals surface area (Å²) in [6, 6.07) is 25.8. The summed E-state index contributed by atoms with van der Waals surface area (Å²) in [5, 5.41) is 3.35. The number of amidine groups is 1. The molecule has 1 atom stereocenters. The van der Waals surface area contributed by atoms with Gasteiger partial charge >= 0.3 is 0 Å². The van der Waals surface area contributed by atoms with E-state index in [9.17, 15) is 0 Å². The zero-order valence-corrected chi connectivity index (χ0v) is 16.3. The van der Waals surface area contributed by atoms with Crippen LogP contribution in [0, 0.1) is 0 Å². The van der Waals surface area contributed by atoms with Crippen LogP contribution in [0.2, 0.25) is 0 Å².